The first-order valence-electron chi connectivity index (χ1n) is 6.29. The van der Waals surface area contributed by atoms with E-state index in [1.165, 1.54) is 17.3 Å². The van der Waals surface area contributed by atoms with Gasteiger partial charge in [-0.3, -0.25) is 4.79 Å². The Morgan fingerprint density at radius 2 is 2.16 bits per heavy atom. The van der Waals surface area contributed by atoms with E-state index in [-0.39, 0.29) is 11.9 Å². The van der Waals surface area contributed by atoms with Crippen molar-refractivity contribution in [2.45, 2.75) is 18.9 Å². The van der Waals surface area contributed by atoms with Crippen LogP contribution in [0.25, 0.3) is 0 Å². The van der Waals surface area contributed by atoms with Gasteiger partial charge in [0.2, 0.25) is 0 Å². The predicted molar refractivity (Wildman–Crippen MR) is 72.7 cm³/mol. The van der Waals surface area contributed by atoms with Gasteiger partial charge in [0.1, 0.15) is 0 Å². The third kappa shape index (κ3) is 2.33. The lowest BCUT2D eigenvalue weighted by atomic mass is 10.1. The molecule has 1 atom stereocenters. The Bertz CT molecular complexity index is 566. The second-order valence-corrected chi connectivity index (χ2v) is 5.60. The molecule has 0 saturated carbocycles. The number of likely N-dealkylation sites (tertiary alicyclic amines) is 1. The SMILES string of the molecule is O=C(c1cc[n+]([O-])cc1)N1CCC[C@H]1c1cccs1. The first-order chi connectivity index (χ1) is 9.25. The lowest BCUT2D eigenvalue weighted by Crippen LogP contribution is -2.31. The van der Waals surface area contributed by atoms with Crippen molar-refractivity contribution in [2.24, 2.45) is 0 Å². The van der Waals surface area contributed by atoms with E-state index < -0.39 is 0 Å². The molecule has 0 spiro atoms. The molecule has 2 aromatic heterocycles. The zero-order valence-corrected chi connectivity index (χ0v) is 11.2. The highest BCUT2D eigenvalue weighted by atomic mass is 32.1. The number of rotatable bonds is 2. The maximum Gasteiger partial charge on any atom is 0.254 e. The van der Waals surface area contributed by atoms with Gasteiger partial charge in [-0.15, -0.1) is 11.3 Å². The molecular formula is C14H14N2O2S. The van der Waals surface area contributed by atoms with Crippen molar-refractivity contribution >= 4 is 17.2 Å². The van der Waals surface area contributed by atoms with Crippen LogP contribution in [0.3, 0.4) is 0 Å². The Hall–Kier alpha value is -1.88. The van der Waals surface area contributed by atoms with Crippen molar-refractivity contribution in [1.29, 1.82) is 0 Å². The quantitative estimate of drug-likeness (QED) is 0.623. The largest absolute Gasteiger partial charge is 0.619 e. The van der Waals surface area contributed by atoms with Crippen molar-refractivity contribution < 1.29 is 9.52 Å². The predicted octanol–water partition coefficient (Wildman–Crippen LogP) is 2.36. The highest BCUT2D eigenvalue weighted by molar-refractivity contribution is 7.10. The number of thiophene rings is 1. The minimum absolute atomic E-state index is 0.0106. The topological polar surface area (TPSA) is 47.2 Å². The molecule has 1 saturated heterocycles. The first-order valence-corrected chi connectivity index (χ1v) is 7.17. The first kappa shape index (κ1) is 12.2. The van der Waals surface area contributed by atoms with E-state index >= 15 is 0 Å². The van der Waals surface area contributed by atoms with Crippen molar-refractivity contribution in [3.63, 3.8) is 0 Å². The van der Waals surface area contributed by atoms with Gasteiger partial charge in [-0.2, -0.15) is 4.73 Å². The van der Waals surface area contributed by atoms with E-state index in [4.69, 9.17) is 0 Å². The maximum atomic E-state index is 12.5. The number of nitrogens with zero attached hydrogens (tertiary/aromatic N) is 2. The number of amides is 1. The second-order valence-electron chi connectivity index (χ2n) is 4.62. The van der Waals surface area contributed by atoms with Gasteiger partial charge in [0, 0.05) is 23.6 Å². The van der Waals surface area contributed by atoms with Crippen LogP contribution in [0.15, 0.2) is 42.0 Å². The van der Waals surface area contributed by atoms with E-state index in [1.54, 1.807) is 23.5 Å². The van der Waals surface area contributed by atoms with Crippen LogP contribution in [-0.4, -0.2) is 17.4 Å². The molecule has 0 N–H and O–H groups in total. The minimum atomic E-state index is 0.0106. The Kier molecular flexibility index (Phi) is 3.21. The van der Waals surface area contributed by atoms with Gasteiger partial charge in [0.15, 0.2) is 12.4 Å². The molecule has 0 unspecified atom stereocenters. The van der Waals surface area contributed by atoms with Gasteiger partial charge in [-0.05, 0) is 24.3 Å². The molecule has 1 amide bonds. The number of carbonyl (C=O) groups excluding carboxylic acids is 1. The summed E-state index contributed by atoms with van der Waals surface area (Å²) in [6, 6.07) is 7.45. The molecule has 98 valence electrons. The summed E-state index contributed by atoms with van der Waals surface area (Å²) in [5.41, 5.74) is 0.579. The molecule has 0 aromatic carbocycles. The monoisotopic (exact) mass is 274 g/mol. The zero-order chi connectivity index (χ0) is 13.2. The lowest BCUT2D eigenvalue weighted by Gasteiger charge is -2.23. The molecule has 0 bridgehead atoms. The maximum absolute atomic E-state index is 12.5. The molecule has 1 aliphatic rings. The van der Waals surface area contributed by atoms with Gasteiger partial charge in [0.05, 0.1) is 11.6 Å². The zero-order valence-electron chi connectivity index (χ0n) is 10.4. The Morgan fingerprint density at radius 3 is 2.84 bits per heavy atom. The van der Waals surface area contributed by atoms with Crippen molar-refractivity contribution in [2.75, 3.05) is 6.54 Å². The molecule has 19 heavy (non-hydrogen) atoms. The Labute approximate surface area is 115 Å². The summed E-state index contributed by atoms with van der Waals surface area (Å²) < 4.78 is 0.692. The molecule has 2 aromatic rings. The van der Waals surface area contributed by atoms with Crippen LogP contribution in [0.1, 0.15) is 34.1 Å². The molecule has 3 rings (SSSR count). The third-order valence-electron chi connectivity index (χ3n) is 3.43. The number of aromatic nitrogens is 1. The van der Waals surface area contributed by atoms with Gasteiger partial charge in [-0.1, -0.05) is 6.07 Å². The fraction of sp³-hybridized carbons (Fsp3) is 0.286. The summed E-state index contributed by atoms with van der Waals surface area (Å²) >= 11 is 1.69. The smallest absolute Gasteiger partial charge is 0.254 e. The fourth-order valence-electron chi connectivity index (χ4n) is 2.51. The highest BCUT2D eigenvalue weighted by Gasteiger charge is 2.31. The average Bonchev–Trinajstić information content (AvgIpc) is 3.09. The van der Waals surface area contributed by atoms with Gasteiger partial charge in [0.25, 0.3) is 5.91 Å². The standard InChI is InChI=1S/C14H14N2O2S/c17-14(11-5-8-15(18)9-6-11)16-7-1-3-12(16)13-4-2-10-19-13/h2,4-6,8-10,12H,1,3,7H2/t12-/m0/s1. The Balaban J connectivity index is 1.84. The lowest BCUT2D eigenvalue weighted by molar-refractivity contribution is -0.605. The van der Waals surface area contributed by atoms with Crippen LogP contribution >= 0.6 is 11.3 Å². The third-order valence-corrected chi connectivity index (χ3v) is 4.41. The normalized spacial score (nSPS) is 18.7. The number of pyridine rings is 1. The molecule has 1 fully saturated rings. The van der Waals surface area contributed by atoms with Crippen LogP contribution in [0, 0.1) is 5.21 Å². The molecule has 0 radical (unpaired) electrons. The molecule has 1 aliphatic heterocycles. The van der Waals surface area contributed by atoms with Crippen molar-refractivity contribution in [3.8, 4) is 0 Å². The van der Waals surface area contributed by atoms with Crippen molar-refractivity contribution in [1.82, 2.24) is 4.90 Å². The van der Waals surface area contributed by atoms with Crippen LogP contribution < -0.4 is 4.73 Å². The van der Waals surface area contributed by atoms with Crippen LogP contribution in [0.5, 0.6) is 0 Å². The summed E-state index contributed by atoms with van der Waals surface area (Å²) in [5, 5.41) is 13.1. The summed E-state index contributed by atoms with van der Waals surface area (Å²) in [5.74, 6) is 0.0106. The summed E-state index contributed by atoms with van der Waals surface area (Å²) in [4.78, 5) is 15.6. The van der Waals surface area contributed by atoms with Crippen molar-refractivity contribution in [3.05, 3.63) is 57.7 Å². The second kappa shape index (κ2) is 5.01. The van der Waals surface area contributed by atoms with Gasteiger partial charge < -0.3 is 10.1 Å². The van der Waals surface area contributed by atoms with Crippen LogP contribution in [-0.2, 0) is 0 Å². The van der Waals surface area contributed by atoms with E-state index in [9.17, 15) is 10.0 Å². The summed E-state index contributed by atoms with van der Waals surface area (Å²) in [7, 11) is 0. The molecule has 4 nitrogen and oxygen atoms in total. The van der Waals surface area contributed by atoms with E-state index in [0.717, 1.165) is 19.4 Å². The number of hydrogen-bond donors (Lipinski definition) is 0. The molecule has 5 heteroatoms. The molecular weight excluding hydrogens is 260 g/mol. The Morgan fingerprint density at radius 1 is 1.37 bits per heavy atom. The van der Waals surface area contributed by atoms with Gasteiger partial charge >= 0.3 is 0 Å². The van der Waals surface area contributed by atoms with Crippen LogP contribution in [0.4, 0.5) is 0 Å². The van der Waals surface area contributed by atoms with E-state index in [2.05, 4.69) is 6.07 Å². The minimum Gasteiger partial charge on any atom is -0.619 e. The van der Waals surface area contributed by atoms with E-state index in [1.807, 2.05) is 16.3 Å². The summed E-state index contributed by atoms with van der Waals surface area (Å²) in [6.07, 6.45) is 4.77. The highest BCUT2D eigenvalue weighted by Crippen LogP contribution is 2.35. The number of carbonyl (C=O) groups is 1. The number of hydrogen-bond acceptors (Lipinski definition) is 3. The molecule has 0 aliphatic carbocycles. The molecule has 3 heterocycles. The summed E-state index contributed by atoms with van der Waals surface area (Å²) in [6.45, 7) is 0.785. The van der Waals surface area contributed by atoms with E-state index in [0.29, 0.717) is 10.3 Å². The fourth-order valence-corrected chi connectivity index (χ4v) is 3.38. The van der Waals surface area contributed by atoms with Gasteiger partial charge in [-0.25, -0.2) is 0 Å². The average molecular weight is 274 g/mol. The van der Waals surface area contributed by atoms with Crippen LogP contribution in [0.2, 0.25) is 0 Å².